The first-order chi connectivity index (χ1) is 7.98. The summed E-state index contributed by atoms with van der Waals surface area (Å²) in [6, 6.07) is 2.64. The van der Waals surface area contributed by atoms with Crippen molar-refractivity contribution in [3.8, 4) is 0 Å². The van der Waals surface area contributed by atoms with Gasteiger partial charge < -0.3 is 0 Å². The van der Waals surface area contributed by atoms with Crippen LogP contribution in [0.5, 0.6) is 0 Å². The number of hydrogen-bond acceptors (Lipinski definition) is 2. The van der Waals surface area contributed by atoms with Crippen LogP contribution in [0.25, 0.3) is 0 Å². The minimum atomic E-state index is -3.37. The second-order valence-electron chi connectivity index (χ2n) is 4.86. The van der Waals surface area contributed by atoms with Gasteiger partial charge in [-0.3, -0.25) is 0 Å². The predicted octanol–water partition coefficient (Wildman–Crippen LogP) is 3.89. The first-order valence-corrected chi connectivity index (χ1v) is 7.98. The average Bonchev–Trinajstić information content (AvgIpc) is 2.20. The second kappa shape index (κ2) is 4.99. The zero-order valence-electron chi connectivity index (χ0n) is 10.6. The molecule has 102 valence electrons. The lowest BCUT2D eigenvalue weighted by Crippen LogP contribution is -2.35. The van der Waals surface area contributed by atoms with Crippen molar-refractivity contribution in [3.05, 3.63) is 34.1 Å². The number of hydrogen-bond donors (Lipinski definition) is 0. The summed E-state index contributed by atoms with van der Waals surface area (Å²) in [7, 11) is -3.37. The van der Waals surface area contributed by atoms with E-state index in [4.69, 9.17) is 23.2 Å². The van der Waals surface area contributed by atoms with Crippen LogP contribution in [0.2, 0.25) is 5.02 Å². The number of alkyl halides is 1. The smallest absolute Gasteiger partial charge is 0.154 e. The lowest BCUT2D eigenvalue weighted by atomic mass is 9.99. The van der Waals surface area contributed by atoms with Gasteiger partial charge in [-0.05, 0) is 38.0 Å². The van der Waals surface area contributed by atoms with Crippen molar-refractivity contribution >= 4 is 33.0 Å². The molecule has 6 heteroatoms. The lowest BCUT2D eigenvalue weighted by Gasteiger charge is -2.29. The second-order valence-corrected chi connectivity index (χ2v) is 8.30. The molecule has 2 nitrogen and oxygen atoms in total. The highest BCUT2D eigenvalue weighted by molar-refractivity contribution is 7.92. The van der Waals surface area contributed by atoms with Crippen molar-refractivity contribution in [1.82, 2.24) is 0 Å². The maximum Gasteiger partial charge on any atom is 0.154 e. The predicted molar refractivity (Wildman–Crippen MR) is 73.7 cm³/mol. The normalized spacial score (nSPS) is 14.6. The number of aryl methyl sites for hydroxylation is 1. The Balaban J connectivity index is 3.36. The summed E-state index contributed by atoms with van der Waals surface area (Å²) < 4.78 is 35.6. The molecular formula is C12H15Cl2FO2S. The zero-order valence-corrected chi connectivity index (χ0v) is 12.9. The third-order valence-electron chi connectivity index (χ3n) is 3.12. The van der Waals surface area contributed by atoms with Crippen LogP contribution in [0, 0.1) is 12.7 Å². The van der Waals surface area contributed by atoms with E-state index in [2.05, 4.69) is 0 Å². The van der Waals surface area contributed by atoms with Gasteiger partial charge in [0, 0.05) is 11.3 Å². The fraction of sp³-hybridized carbons (Fsp3) is 0.500. The third kappa shape index (κ3) is 2.81. The van der Waals surface area contributed by atoms with E-state index < -0.39 is 25.8 Å². The van der Waals surface area contributed by atoms with E-state index in [0.717, 1.165) is 12.3 Å². The van der Waals surface area contributed by atoms with E-state index in [1.165, 1.54) is 19.9 Å². The Morgan fingerprint density at radius 1 is 1.33 bits per heavy atom. The van der Waals surface area contributed by atoms with Crippen molar-refractivity contribution in [2.75, 3.05) is 6.26 Å². The standard InChI is InChI=1S/C12H15Cl2FO2S/c1-7-5-8(9(13)6-10(7)15)11(14)12(2,3)18(4,16)17/h5-6,11H,1-4H3. The van der Waals surface area contributed by atoms with Gasteiger partial charge in [0.05, 0.1) is 10.1 Å². The SMILES string of the molecule is Cc1cc(C(Cl)C(C)(C)S(C)(=O)=O)c(Cl)cc1F. The van der Waals surface area contributed by atoms with Gasteiger partial charge in [0.2, 0.25) is 0 Å². The summed E-state index contributed by atoms with van der Waals surface area (Å²) in [5.74, 6) is -0.440. The quantitative estimate of drug-likeness (QED) is 0.793. The van der Waals surface area contributed by atoms with E-state index in [1.807, 2.05) is 0 Å². The first kappa shape index (κ1) is 15.7. The van der Waals surface area contributed by atoms with Gasteiger partial charge in [-0.2, -0.15) is 0 Å². The Labute approximate surface area is 117 Å². The summed E-state index contributed by atoms with van der Waals surface area (Å²) in [5, 5.41) is -0.714. The molecule has 0 fully saturated rings. The molecule has 0 saturated carbocycles. The Hall–Kier alpha value is -0.320. The van der Waals surface area contributed by atoms with E-state index in [0.29, 0.717) is 11.1 Å². The van der Waals surface area contributed by atoms with Crippen LogP contribution in [0.1, 0.15) is 30.4 Å². The summed E-state index contributed by atoms with van der Waals surface area (Å²) in [6.07, 6.45) is 1.12. The fourth-order valence-corrected chi connectivity index (χ4v) is 2.92. The van der Waals surface area contributed by atoms with Gasteiger partial charge in [-0.25, -0.2) is 12.8 Å². The van der Waals surface area contributed by atoms with Gasteiger partial charge in [-0.1, -0.05) is 17.7 Å². The molecular weight excluding hydrogens is 298 g/mol. The van der Waals surface area contributed by atoms with Crippen molar-refractivity contribution in [3.63, 3.8) is 0 Å². The molecule has 0 amide bonds. The summed E-state index contributed by atoms with van der Waals surface area (Å²) in [4.78, 5) is 0. The molecule has 1 atom stereocenters. The zero-order chi connectivity index (χ0) is 14.3. The van der Waals surface area contributed by atoms with E-state index in [1.54, 1.807) is 6.92 Å². The minimum absolute atomic E-state index is 0.134. The number of benzene rings is 1. The van der Waals surface area contributed by atoms with Gasteiger partial charge in [0.15, 0.2) is 9.84 Å². The Kier molecular flexibility index (Phi) is 4.36. The molecule has 0 aliphatic rings. The highest BCUT2D eigenvalue weighted by Gasteiger charge is 2.39. The first-order valence-electron chi connectivity index (χ1n) is 5.27. The van der Waals surface area contributed by atoms with Crippen LogP contribution in [-0.2, 0) is 9.84 Å². The van der Waals surface area contributed by atoms with Gasteiger partial charge in [-0.15, -0.1) is 11.6 Å². The Bertz CT molecular complexity index is 568. The molecule has 1 aromatic rings. The number of halogens is 3. The molecule has 0 aromatic heterocycles. The lowest BCUT2D eigenvalue weighted by molar-refractivity contribution is 0.543. The maximum atomic E-state index is 13.3. The van der Waals surface area contributed by atoms with E-state index >= 15 is 0 Å². The van der Waals surface area contributed by atoms with E-state index in [9.17, 15) is 12.8 Å². The fourth-order valence-electron chi connectivity index (χ4n) is 1.44. The van der Waals surface area contributed by atoms with Gasteiger partial charge in [0.25, 0.3) is 0 Å². The van der Waals surface area contributed by atoms with Gasteiger partial charge in [0.1, 0.15) is 5.82 Å². The molecule has 0 spiro atoms. The van der Waals surface area contributed by atoms with Crippen LogP contribution < -0.4 is 0 Å². The van der Waals surface area contributed by atoms with Crippen LogP contribution in [-0.4, -0.2) is 19.4 Å². The van der Waals surface area contributed by atoms with Crippen LogP contribution in [0.3, 0.4) is 0 Å². The molecule has 1 unspecified atom stereocenters. The molecule has 0 aliphatic carbocycles. The molecule has 18 heavy (non-hydrogen) atoms. The van der Waals surface area contributed by atoms with Crippen LogP contribution >= 0.6 is 23.2 Å². The average molecular weight is 313 g/mol. The molecule has 1 rings (SSSR count). The van der Waals surface area contributed by atoms with E-state index in [-0.39, 0.29) is 5.02 Å². The largest absolute Gasteiger partial charge is 0.229 e. The number of rotatable bonds is 3. The van der Waals surface area contributed by atoms with Crippen molar-refractivity contribution in [2.45, 2.75) is 30.9 Å². The van der Waals surface area contributed by atoms with Gasteiger partial charge >= 0.3 is 0 Å². The summed E-state index contributed by atoms with van der Waals surface area (Å²) in [6.45, 7) is 4.62. The summed E-state index contributed by atoms with van der Waals surface area (Å²) in [5.41, 5.74) is 0.803. The van der Waals surface area contributed by atoms with Crippen molar-refractivity contribution in [1.29, 1.82) is 0 Å². The van der Waals surface area contributed by atoms with Crippen LogP contribution in [0.4, 0.5) is 4.39 Å². The summed E-state index contributed by atoms with van der Waals surface area (Å²) >= 11 is 12.2. The molecule has 1 aromatic carbocycles. The van der Waals surface area contributed by atoms with Crippen molar-refractivity contribution in [2.24, 2.45) is 0 Å². The van der Waals surface area contributed by atoms with Crippen molar-refractivity contribution < 1.29 is 12.8 Å². The minimum Gasteiger partial charge on any atom is -0.229 e. The third-order valence-corrected chi connectivity index (χ3v) is 6.50. The molecule has 0 aliphatic heterocycles. The Morgan fingerprint density at radius 2 is 1.83 bits per heavy atom. The molecule has 0 bridgehead atoms. The highest BCUT2D eigenvalue weighted by atomic mass is 35.5. The molecule has 0 heterocycles. The maximum absolute atomic E-state index is 13.3. The number of sulfone groups is 1. The van der Waals surface area contributed by atoms with Crippen LogP contribution in [0.15, 0.2) is 12.1 Å². The highest BCUT2D eigenvalue weighted by Crippen LogP contribution is 2.41. The monoisotopic (exact) mass is 312 g/mol. The topological polar surface area (TPSA) is 34.1 Å². The molecule has 0 N–H and O–H groups in total. The Morgan fingerprint density at radius 3 is 2.28 bits per heavy atom. The molecule has 0 saturated heterocycles. The molecule has 0 radical (unpaired) electrons.